The number of nitrogens with one attached hydrogen (secondary N) is 2. The minimum Gasteiger partial charge on any atom is -0.365 e. The van der Waals surface area contributed by atoms with Gasteiger partial charge >= 0.3 is 0 Å². The van der Waals surface area contributed by atoms with E-state index < -0.39 is 11.7 Å². The summed E-state index contributed by atoms with van der Waals surface area (Å²) in [6, 6.07) is 1.36. The largest absolute Gasteiger partial charge is 0.365 e. The lowest BCUT2D eigenvalue weighted by molar-refractivity contribution is 0.0391. The predicted molar refractivity (Wildman–Crippen MR) is 81.7 cm³/mol. The summed E-state index contributed by atoms with van der Waals surface area (Å²) >= 11 is 0. The predicted octanol–water partition coefficient (Wildman–Crippen LogP) is 1.87. The maximum atomic E-state index is 13.5. The number of H-pyrrole nitrogens is 1. The number of aromatic amines is 1. The molecule has 0 unspecified atom stereocenters. The minimum absolute atomic E-state index is 0.0103. The molecule has 7 nitrogen and oxygen atoms in total. The second kappa shape index (κ2) is 6.27. The molecule has 3 heterocycles. The summed E-state index contributed by atoms with van der Waals surface area (Å²) in [5.41, 5.74) is -0.0103. The van der Waals surface area contributed by atoms with Crippen molar-refractivity contribution >= 4 is 5.91 Å². The number of hydrogen-bond donors (Lipinski definition) is 2. The van der Waals surface area contributed by atoms with E-state index in [1.54, 1.807) is 0 Å². The Morgan fingerprint density at radius 1 is 1.38 bits per heavy atom. The lowest BCUT2D eigenvalue weighted by Crippen LogP contribution is -2.32. The molecule has 2 aliphatic rings. The van der Waals surface area contributed by atoms with Gasteiger partial charge in [-0.3, -0.25) is 14.9 Å². The van der Waals surface area contributed by atoms with Crippen molar-refractivity contribution in [3.05, 3.63) is 41.5 Å². The fourth-order valence-electron chi connectivity index (χ4n) is 2.87. The fraction of sp³-hybridized carbons (Fsp3) is 0.500. The van der Waals surface area contributed by atoms with Crippen LogP contribution in [0, 0.1) is 5.82 Å². The number of amides is 1. The van der Waals surface area contributed by atoms with Crippen molar-refractivity contribution < 1.29 is 13.9 Å². The Morgan fingerprint density at radius 3 is 3.04 bits per heavy atom. The molecule has 0 spiro atoms. The zero-order chi connectivity index (χ0) is 16.5. The lowest BCUT2D eigenvalue weighted by Gasteiger charge is -2.13. The van der Waals surface area contributed by atoms with E-state index >= 15 is 0 Å². The zero-order valence-corrected chi connectivity index (χ0v) is 13.0. The van der Waals surface area contributed by atoms with Crippen LogP contribution >= 0.6 is 0 Å². The minimum atomic E-state index is -0.630. The Morgan fingerprint density at radius 2 is 2.25 bits per heavy atom. The topological polar surface area (TPSA) is 92.8 Å². The quantitative estimate of drug-likeness (QED) is 0.872. The van der Waals surface area contributed by atoms with E-state index in [1.165, 1.54) is 12.3 Å². The molecular weight excluding hydrogens is 313 g/mol. The normalized spacial score (nSPS) is 23.4. The van der Waals surface area contributed by atoms with Crippen molar-refractivity contribution in [2.75, 3.05) is 6.54 Å². The van der Waals surface area contributed by atoms with Crippen LogP contribution in [0.2, 0.25) is 0 Å². The molecule has 2 aromatic rings. The number of ether oxygens (including phenoxy) is 1. The summed E-state index contributed by atoms with van der Waals surface area (Å²) in [4.78, 5) is 20.1. The van der Waals surface area contributed by atoms with Crippen molar-refractivity contribution in [1.82, 2.24) is 25.5 Å². The van der Waals surface area contributed by atoms with Crippen molar-refractivity contribution in [1.29, 1.82) is 0 Å². The average molecular weight is 331 g/mol. The van der Waals surface area contributed by atoms with E-state index in [4.69, 9.17) is 4.74 Å². The van der Waals surface area contributed by atoms with Crippen molar-refractivity contribution in [2.45, 2.75) is 43.8 Å². The Bertz CT molecular complexity index is 746. The Kier molecular flexibility index (Phi) is 3.97. The highest BCUT2D eigenvalue weighted by atomic mass is 19.1. The number of hydrogen-bond acceptors (Lipinski definition) is 5. The van der Waals surface area contributed by atoms with Crippen LogP contribution in [0.4, 0.5) is 4.39 Å². The maximum absolute atomic E-state index is 13.5. The molecule has 1 aliphatic heterocycles. The van der Waals surface area contributed by atoms with E-state index in [9.17, 15) is 9.18 Å². The number of carbonyl (C=O) groups excluding carboxylic acids is 1. The number of aromatic nitrogens is 4. The van der Waals surface area contributed by atoms with Crippen molar-refractivity contribution in [3.8, 4) is 0 Å². The smallest absolute Gasteiger partial charge is 0.254 e. The van der Waals surface area contributed by atoms with Gasteiger partial charge in [0.2, 0.25) is 0 Å². The van der Waals surface area contributed by atoms with E-state index in [0.717, 1.165) is 43.5 Å². The average Bonchev–Trinajstić information content (AvgIpc) is 3.13. The van der Waals surface area contributed by atoms with Crippen LogP contribution in [0.1, 0.15) is 59.7 Å². The van der Waals surface area contributed by atoms with Gasteiger partial charge in [-0.2, -0.15) is 5.10 Å². The molecule has 4 rings (SSSR count). The van der Waals surface area contributed by atoms with E-state index in [2.05, 4.69) is 25.5 Å². The summed E-state index contributed by atoms with van der Waals surface area (Å²) in [5.74, 6) is 1.04. The van der Waals surface area contributed by atoms with E-state index in [0.29, 0.717) is 12.5 Å². The van der Waals surface area contributed by atoms with Gasteiger partial charge in [0.05, 0.1) is 17.9 Å². The van der Waals surface area contributed by atoms with Gasteiger partial charge in [0.15, 0.2) is 17.5 Å². The van der Waals surface area contributed by atoms with Crippen LogP contribution in [-0.2, 0) is 4.74 Å². The number of rotatable bonds is 5. The fourth-order valence-corrected chi connectivity index (χ4v) is 2.87. The Hall–Kier alpha value is -2.35. The molecule has 1 aliphatic carbocycles. The van der Waals surface area contributed by atoms with Crippen molar-refractivity contribution in [2.24, 2.45) is 0 Å². The van der Waals surface area contributed by atoms with Crippen LogP contribution in [0.5, 0.6) is 0 Å². The van der Waals surface area contributed by atoms with Gasteiger partial charge in [-0.25, -0.2) is 9.37 Å². The standard InChI is InChI=1S/C16H18FN5O2/c17-12-8-18-6-5-11(12)16(23)19-7-10-3-4-13(24-10)15-20-14(21-22-15)9-1-2-9/h5-6,8-10,13H,1-4,7H2,(H,19,23)(H,20,21,22)/t10-,13+/m1/s1. The first-order valence-corrected chi connectivity index (χ1v) is 8.16. The second-order valence-corrected chi connectivity index (χ2v) is 6.24. The molecule has 1 amide bonds. The molecule has 2 N–H and O–H groups in total. The molecule has 1 saturated heterocycles. The van der Waals surface area contributed by atoms with Crippen LogP contribution in [0.25, 0.3) is 0 Å². The van der Waals surface area contributed by atoms with Gasteiger partial charge in [0.1, 0.15) is 6.10 Å². The summed E-state index contributed by atoms with van der Waals surface area (Å²) in [5, 5.41) is 9.90. The number of carbonyl (C=O) groups is 1. The van der Waals surface area contributed by atoms with Gasteiger partial charge in [0, 0.05) is 18.7 Å². The van der Waals surface area contributed by atoms with Gasteiger partial charge < -0.3 is 10.1 Å². The first kappa shape index (κ1) is 15.2. The highest BCUT2D eigenvalue weighted by Crippen LogP contribution is 2.39. The number of pyridine rings is 1. The monoisotopic (exact) mass is 331 g/mol. The van der Waals surface area contributed by atoms with Crippen LogP contribution in [0.3, 0.4) is 0 Å². The first-order chi connectivity index (χ1) is 11.7. The molecule has 0 radical (unpaired) electrons. The second-order valence-electron chi connectivity index (χ2n) is 6.24. The van der Waals surface area contributed by atoms with E-state index in [1.807, 2.05) is 0 Å². The molecular formula is C16H18FN5O2. The molecule has 2 aromatic heterocycles. The van der Waals surface area contributed by atoms with Crippen LogP contribution in [-0.4, -0.2) is 38.7 Å². The zero-order valence-electron chi connectivity index (χ0n) is 13.0. The van der Waals surface area contributed by atoms with E-state index in [-0.39, 0.29) is 17.8 Å². The highest BCUT2D eigenvalue weighted by Gasteiger charge is 2.32. The summed E-state index contributed by atoms with van der Waals surface area (Å²) in [6.07, 6.45) is 6.13. The first-order valence-electron chi connectivity index (χ1n) is 8.16. The molecule has 2 atom stereocenters. The third kappa shape index (κ3) is 3.14. The highest BCUT2D eigenvalue weighted by molar-refractivity contribution is 5.94. The molecule has 1 saturated carbocycles. The maximum Gasteiger partial charge on any atom is 0.254 e. The van der Waals surface area contributed by atoms with Gasteiger partial charge in [-0.05, 0) is 31.7 Å². The summed E-state index contributed by atoms with van der Waals surface area (Å²) < 4.78 is 19.4. The molecule has 126 valence electrons. The third-order valence-corrected chi connectivity index (χ3v) is 4.38. The molecule has 24 heavy (non-hydrogen) atoms. The SMILES string of the molecule is O=C(NC[C@H]1CC[C@@H](c2nc(C3CC3)n[nH]2)O1)c1ccncc1F. The third-order valence-electron chi connectivity index (χ3n) is 4.38. The van der Waals surface area contributed by atoms with Gasteiger partial charge in [-0.1, -0.05) is 0 Å². The number of nitrogens with zero attached hydrogens (tertiary/aromatic N) is 3. The van der Waals surface area contributed by atoms with Crippen molar-refractivity contribution in [3.63, 3.8) is 0 Å². The molecule has 2 fully saturated rings. The van der Waals surface area contributed by atoms with Crippen LogP contribution < -0.4 is 5.32 Å². The van der Waals surface area contributed by atoms with Crippen LogP contribution in [0.15, 0.2) is 18.5 Å². The lowest BCUT2D eigenvalue weighted by atomic mass is 10.2. The number of halogens is 1. The molecule has 0 aromatic carbocycles. The molecule has 8 heteroatoms. The Balaban J connectivity index is 1.30. The summed E-state index contributed by atoms with van der Waals surface area (Å²) in [6.45, 7) is 0.334. The molecule has 0 bridgehead atoms. The Labute approximate surface area is 138 Å². The van der Waals surface area contributed by atoms with Gasteiger partial charge in [-0.15, -0.1) is 0 Å². The van der Waals surface area contributed by atoms with Gasteiger partial charge in [0.25, 0.3) is 5.91 Å². The summed E-state index contributed by atoms with van der Waals surface area (Å²) in [7, 11) is 0.